The minimum absolute atomic E-state index is 0.00749. The van der Waals surface area contributed by atoms with Crippen molar-refractivity contribution >= 4 is 40.8 Å². The highest BCUT2D eigenvalue weighted by atomic mass is 35.5. The number of ether oxygens (including phenoxy) is 3. The van der Waals surface area contributed by atoms with Crippen LogP contribution in [0.3, 0.4) is 0 Å². The first kappa shape index (κ1) is 20.0. The van der Waals surface area contributed by atoms with Crippen LogP contribution in [0.25, 0.3) is 0 Å². The van der Waals surface area contributed by atoms with Gasteiger partial charge in [-0.3, -0.25) is 9.59 Å². The Balaban J connectivity index is 2.55. The predicted molar refractivity (Wildman–Crippen MR) is 93.4 cm³/mol. The largest absolute Gasteiger partial charge is 0.493 e. The van der Waals surface area contributed by atoms with Crippen molar-refractivity contribution in [2.75, 3.05) is 21.3 Å². The van der Waals surface area contributed by atoms with E-state index in [4.69, 9.17) is 33.3 Å². The molecule has 1 rings (SSSR count). The quantitative estimate of drug-likeness (QED) is 0.556. The Hall–Kier alpha value is -2.06. The molecule has 0 heterocycles. The van der Waals surface area contributed by atoms with Crippen LogP contribution in [0.1, 0.15) is 18.4 Å². The van der Waals surface area contributed by atoms with Gasteiger partial charge in [0.05, 0.1) is 27.8 Å². The molecule has 1 amide bonds. The van der Waals surface area contributed by atoms with Crippen LogP contribution in [0.4, 0.5) is 0 Å². The molecule has 0 unspecified atom stereocenters. The second kappa shape index (κ2) is 9.94. The molecule has 132 valence electrons. The van der Waals surface area contributed by atoms with Crippen molar-refractivity contribution in [3.8, 4) is 11.5 Å². The third-order valence-corrected chi connectivity index (χ3v) is 3.63. The smallest absolute Gasteiger partial charge is 0.306 e. The third kappa shape index (κ3) is 6.21. The topological polar surface area (TPSA) is 85.9 Å². The highest BCUT2D eigenvalue weighted by molar-refractivity contribution is 7.80. The van der Waals surface area contributed by atoms with Gasteiger partial charge >= 0.3 is 5.97 Å². The van der Waals surface area contributed by atoms with E-state index in [-0.39, 0.29) is 30.4 Å². The van der Waals surface area contributed by atoms with Gasteiger partial charge in [0.1, 0.15) is 0 Å². The average molecular weight is 375 g/mol. The lowest BCUT2D eigenvalue weighted by molar-refractivity contribution is -0.142. The van der Waals surface area contributed by atoms with E-state index in [0.29, 0.717) is 16.5 Å². The van der Waals surface area contributed by atoms with Gasteiger partial charge in [-0.15, -0.1) is 0 Å². The van der Waals surface area contributed by atoms with Gasteiger partial charge in [0, 0.05) is 24.1 Å². The molecule has 0 radical (unpaired) electrons. The molecule has 0 aliphatic heterocycles. The minimum Gasteiger partial charge on any atom is -0.493 e. The third-order valence-electron chi connectivity index (χ3n) is 3.03. The van der Waals surface area contributed by atoms with Gasteiger partial charge in [-0.05, 0) is 23.8 Å². The van der Waals surface area contributed by atoms with Crippen LogP contribution < -0.4 is 20.1 Å². The second-order valence-electron chi connectivity index (χ2n) is 4.61. The van der Waals surface area contributed by atoms with E-state index in [1.54, 1.807) is 12.1 Å². The fraction of sp³-hybridized carbons (Fsp3) is 0.400. The fourth-order valence-corrected chi connectivity index (χ4v) is 2.16. The van der Waals surface area contributed by atoms with Crippen molar-refractivity contribution in [1.29, 1.82) is 0 Å². The van der Waals surface area contributed by atoms with Crippen molar-refractivity contribution in [3.05, 3.63) is 22.7 Å². The number of rotatable bonds is 7. The molecule has 0 aromatic heterocycles. The molecule has 1 aromatic rings. The molecular formula is C15H19ClN2O5S. The van der Waals surface area contributed by atoms with Gasteiger partial charge in [0.15, 0.2) is 16.6 Å². The first-order chi connectivity index (χ1) is 11.4. The summed E-state index contributed by atoms with van der Waals surface area (Å²) in [6.45, 7) is 0.287. The molecule has 0 saturated heterocycles. The summed E-state index contributed by atoms with van der Waals surface area (Å²) in [6.07, 6.45) is -0.0158. The zero-order valence-corrected chi connectivity index (χ0v) is 15.2. The Labute approximate surface area is 150 Å². The van der Waals surface area contributed by atoms with Gasteiger partial charge in [-0.25, -0.2) is 0 Å². The monoisotopic (exact) mass is 374 g/mol. The summed E-state index contributed by atoms with van der Waals surface area (Å²) in [5, 5.41) is 5.95. The number of carbonyl (C=O) groups excluding carboxylic acids is 2. The SMILES string of the molecule is COC(=O)CCC(=O)NC(=S)NCc1cc(OC)c(OC)cc1Cl. The van der Waals surface area contributed by atoms with Crippen LogP contribution in [-0.4, -0.2) is 38.3 Å². The maximum atomic E-state index is 11.6. The Kier molecular flexibility index (Phi) is 8.28. The maximum absolute atomic E-state index is 11.6. The molecule has 9 heteroatoms. The van der Waals surface area contributed by atoms with Crippen molar-refractivity contribution in [1.82, 2.24) is 10.6 Å². The fourth-order valence-electron chi connectivity index (χ4n) is 1.76. The summed E-state index contributed by atoms with van der Waals surface area (Å²) in [6, 6.07) is 3.35. The van der Waals surface area contributed by atoms with Gasteiger partial charge < -0.3 is 24.8 Å². The molecule has 1 aromatic carbocycles. The lowest BCUT2D eigenvalue weighted by atomic mass is 10.2. The van der Waals surface area contributed by atoms with E-state index in [2.05, 4.69) is 15.4 Å². The number of thiocarbonyl (C=S) groups is 1. The summed E-state index contributed by atoms with van der Waals surface area (Å²) in [7, 11) is 4.31. The molecule has 0 aliphatic carbocycles. The molecule has 2 N–H and O–H groups in total. The summed E-state index contributed by atoms with van der Waals surface area (Å²) in [5.74, 6) is 0.217. The summed E-state index contributed by atoms with van der Waals surface area (Å²) >= 11 is 11.2. The first-order valence-electron chi connectivity index (χ1n) is 6.96. The number of hydrogen-bond acceptors (Lipinski definition) is 6. The van der Waals surface area contributed by atoms with E-state index in [9.17, 15) is 9.59 Å². The highest BCUT2D eigenvalue weighted by Gasteiger charge is 2.11. The normalized spacial score (nSPS) is 9.83. The van der Waals surface area contributed by atoms with Crippen LogP contribution >= 0.6 is 23.8 Å². The van der Waals surface area contributed by atoms with Crippen LogP contribution in [0.2, 0.25) is 5.02 Å². The highest BCUT2D eigenvalue weighted by Crippen LogP contribution is 2.32. The Morgan fingerprint density at radius 3 is 2.33 bits per heavy atom. The van der Waals surface area contributed by atoms with Gasteiger partial charge in [0.2, 0.25) is 5.91 Å². The molecule has 0 spiro atoms. The Morgan fingerprint density at radius 2 is 1.75 bits per heavy atom. The van der Waals surface area contributed by atoms with E-state index in [1.165, 1.54) is 21.3 Å². The number of methoxy groups -OCH3 is 3. The van der Waals surface area contributed by atoms with Crippen LogP contribution in [0.15, 0.2) is 12.1 Å². The number of amides is 1. The Bertz CT molecular complexity index is 624. The van der Waals surface area contributed by atoms with Crippen molar-refractivity contribution in [2.24, 2.45) is 0 Å². The van der Waals surface area contributed by atoms with E-state index in [1.807, 2.05) is 0 Å². The van der Waals surface area contributed by atoms with Gasteiger partial charge in [-0.1, -0.05) is 11.6 Å². The van der Waals surface area contributed by atoms with Crippen molar-refractivity contribution < 1.29 is 23.8 Å². The lowest BCUT2D eigenvalue weighted by Gasteiger charge is -2.13. The van der Waals surface area contributed by atoms with Gasteiger partial charge in [-0.2, -0.15) is 0 Å². The second-order valence-corrected chi connectivity index (χ2v) is 5.42. The van der Waals surface area contributed by atoms with Crippen molar-refractivity contribution in [2.45, 2.75) is 19.4 Å². The molecule has 0 fully saturated rings. The van der Waals surface area contributed by atoms with Crippen LogP contribution in [-0.2, 0) is 20.9 Å². The Morgan fingerprint density at radius 1 is 1.12 bits per heavy atom. The van der Waals surface area contributed by atoms with Crippen LogP contribution in [0.5, 0.6) is 11.5 Å². The number of carbonyl (C=O) groups is 2. The average Bonchev–Trinajstić information content (AvgIpc) is 2.58. The summed E-state index contributed by atoms with van der Waals surface area (Å²) < 4.78 is 14.8. The minimum atomic E-state index is -0.457. The molecule has 0 bridgehead atoms. The zero-order valence-electron chi connectivity index (χ0n) is 13.6. The van der Waals surface area contributed by atoms with E-state index < -0.39 is 5.97 Å². The molecule has 24 heavy (non-hydrogen) atoms. The molecule has 0 aliphatic rings. The predicted octanol–water partition coefficient (Wildman–Crippen LogP) is 1.80. The maximum Gasteiger partial charge on any atom is 0.306 e. The molecule has 0 atom stereocenters. The molecule has 7 nitrogen and oxygen atoms in total. The van der Waals surface area contributed by atoms with E-state index >= 15 is 0 Å². The standard InChI is InChI=1S/C15H19ClN2O5S/c1-21-11-6-9(10(16)7-12(11)22-2)8-17-15(24)18-13(19)4-5-14(20)23-3/h6-7H,4-5,8H2,1-3H3,(H2,17,18,19,24). The number of hydrogen-bond donors (Lipinski definition) is 2. The summed E-state index contributed by atoms with van der Waals surface area (Å²) in [5.41, 5.74) is 0.723. The molecular weight excluding hydrogens is 356 g/mol. The number of esters is 1. The zero-order chi connectivity index (χ0) is 18.1. The number of nitrogens with one attached hydrogen (secondary N) is 2. The number of benzene rings is 1. The lowest BCUT2D eigenvalue weighted by Crippen LogP contribution is -2.39. The van der Waals surface area contributed by atoms with Crippen LogP contribution in [0, 0.1) is 0 Å². The number of halogens is 1. The molecule has 0 saturated carbocycles. The summed E-state index contributed by atoms with van der Waals surface area (Å²) in [4.78, 5) is 22.6. The van der Waals surface area contributed by atoms with E-state index in [0.717, 1.165) is 5.56 Å². The van der Waals surface area contributed by atoms with Crippen molar-refractivity contribution in [3.63, 3.8) is 0 Å². The first-order valence-corrected chi connectivity index (χ1v) is 7.74. The van der Waals surface area contributed by atoms with Gasteiger partial charge in [0.25, 0.3) is 0 Å².